The highest BCUT2D eigenvalue weighted by Crippen LogP contribution is 2.20. The van der Waals surface area contributed by atoms with Gasteiger partial charge in [-0.25, -0.2) is 9.37 Å². The highest BCUT2D eigenvalue weighted by atomic mass is 79.9. The van der Waals surface area contributed by atoms with Crippen LogP contribution in [0.1, 0.15) is 10.4 Å². The second kappa shape index (κ2) is 5.58. The van der Waals surface area contributed by atoms with E-state index in [0.717, 1.165) is 6.07 Å². The maximum absolute atomic E-state index is 13.3. The minimum absolute atomic E-state index is 0.230. The predicted octanol–water partition coefficient (Wildman–Crippen LogP) is 4.00. The first-order valence-electron chi connectivity index (χ1n) is 4.95. The van der Waals surface area contributed by atoms with Gasteiger partial charge in [0.05, 0.1) is 8.95 Å². The second-order valence-corrected chi connectivity index (χ2v) is 5.13. The van der Waals surface area contributed by atoms with E-state index in [1.165, 1.54) is 12.1 Å². The molecule has 1 heterocycles. The Morgan fingerprint density at radius 3 is 2.67 bits per heavy atom. The van der Waals surface area contributed by atoms with Gasteiger partial charge in [0.25, 0.3) is 5.91 Å². The third-order valence-corrected chi connectivity index (χ3v) is 3.46. The molecule has 6 heteroatoms. The molecule has 18 heavy (non-hydrogen) atoms. The number of pyridine rings is 1. The van der Waals surface area contributed by atoms with Crippen LogP contribution in [-0.4, -0.2) is 10.9 Å². The van der Waals surface area contributed by atoms with Crippen molar-refractivity contribution in [2.24, 2.45) is 0 Å². The summed E-state index contributed by atoms with van der Waals surface area (Å²) in [5.74, 6) is -0.505. The molecule has 1 amide bonds. The molecule has 0 bridgehead atoms. The molecular weight excluding hydrogens is 367 g/mol. The summed E-state index contributed by atoms with van der Waals surface area (Å²) in [5.41, 5.74) is 0.230. The number of amides is 1. The molecule has 0 spiro atoms. The molecule has 1 aromatic carbocycles. The number of aromatic nitrogens is 1. The van der Waals surface area contributed by atoms with Crippen LogP contribution in [-0.2, 0) is 0 Å². The highest BCUT2D eigenvalue weighted by molar-refractivity contribution is 9.10. The van der Waals surface area contributed by atoms with E-state index >= 15 is 0 Å². The molecule has 92 valence electrons. The molecule has 0 saturated carbocycles. The van der Waals surface area contributed by atoms with Gasteiger partial charge in [-0.05, 0) is 62.2 Å². The van der Waals surface area contributed by atoms with Crippen LogP contribution in [0, 0.1) is 5.82 Å². The number of hydrogen-bond acceptors (Lipinski definition) is 2. The molecule has 1 aromatic heterocycles. The van der Waals surface area contributed by atoms with Crippen molar-refractivity contribution in [3.05, 3.63) is 56.9 Å². The minimum Gasteiger partial charge on any atom is -0.306 e. The number of benzene rings is 1. The van der Waals surface area contributed by atoms with Gasteiger partial charge in [0.2, 0.25) is 0 Å². The number of carbonyl (C=O) groups is 1. The second-order valence-electron chi connectivity index (χ2n) is 3.42. The molecule has 0 saturated heterocycles. The van der Waals surface area contributed by atoms with Crippen molar-refractivity contribution in [2.75, 3.05) is 5.32 Å². The summed E-state index contributed by atoms with van der Waals surface area (Å²) in [6.45, 7) is 0. The van der Waals surface area contributed by atoms with Crippen LogP contribution < -0.4 is 5.32 Å². The number of rotatable bonds is 2. The maximum atomic E-state index is 13.3. The van der Waals surface area contributed by atoms with Crippen molar-refractivity contribution in [1.29, 1.82) is 0 Å². The fourth-order valence-electron chi connectivity index (χ4n) is 1.29. The van der Waals surface area contributed by atoms with Crippen molar-refractivity contribution in [3.63, 3.8) is 0 Å². The van der Waals surface area contributed by atoms with Crippen molar-refractivity contribution in [3.8, 4) is 0 Å². The highest BCUT2D eigenvalue weighted by Gasteiger charge is 2.10. The summed E-state index contributed by atoms with van der Waals surface area (Å²) in [5, 5.41) is 2.59. The Labute approximate surface area is 120 Å². The summed E-state index contributed by atoms with van der Waals surface area (Å²) in [6.07, 6.45) is 1.56. The zero-order valence-corrected chi connectivity index (χ0v) is 12.1. The first-order valence-corrected chi connectivity index (χ1v) is 6.53. The lowest BCUT2D eigenvalue weighted by molar-refractivity contribution is 0.102. The van der Waals surface area contributed by atoms with Gasteiger partial charge in [0.15, 0.2) is 0 Å². The van der Waals surface area contributed by atoms with Gasteiger partial charge in [-0.2, -0.15) is 0 Å². The fraction of sp³-hybridized carbons (Fsp3) is 0. The van der Waals surface area contributed by atoms with Gasteiger partial charge < -0.3 is 5.32 Å². The van der Waals surface area contributed by atoms with Gasteiger partial charge in [0.1, 0.15) is 11.6 Å². The van der Waals surface area contributed by atoms with E-state index < -0.39 is 11.7 Å². The average Bonchev–Trinajstić information content (AvgIpc) is 2.35. The van der Waals surface area contributed by atoms with E-state index in [1.807, 2.05) is 0 Å². The van der Waals surface area contributed by atoms with Gasteiger partial charge in [0, 0.05) is 11.8 Å². The summed E-state index contributed by atoms with van der Waals surface area (Å²) in [7, 11) is 0. The normalized spacial score (nSPS) is 10.2. The monoisotopic (exact) mass is 372 g/mol. The molecule has 0 aliphatic carbocycles. The van der Waals surface area contributed by atoms with E-state index in [1.54, 1.807) is 18.3 Å². The SMILES string of the molecule is O=C(Nc1ncccc1Br)c1ccc(Br)c(F)c1. The van der Waals surface area contributed by atoms with Gasteiger partial charge in [-0.15, -0.1) is 0 Å². The number of carbonyl (C=O) groups excluding carboxylic acids is 1. The topological polar surface area (TPSA) is 42.0 Å². The summed E-state index contributed by atoms with van der Waals surface area (Å²) in [4.78, 5) is 15.9. The summed E-state index contributed by atoms with van der Waals surface area (Å²) >= 11 is 6.29. The molecule has 2 aromatic rings. The van der Waals surface area contributed by atoms with E-state index in [0.29, 0.717) is 14.8 Å². The molecule has 0 atom stereocenters. The van der Waals surface area contributed by atoms with Gasteiger partial charge in [-0.3, -0.25) is 4.79 Å². The molecule has 0 unspecified atom stereocenters. The number of hydrogen-bond donors (Lipinski definition) is 1. The maximum Gasteiger partial charge on any atom is 0.256 e. The van der Waals surface area contributed by atoms with Crippen LogP contribution in [0.25, 0.3) is 0 Å². The number of halogens is 3. The Bertz CT molecular complexity index is 604. The smallest absolute Gasteiger partial charge is 0.256 e. The molecule has 0 aliphatic rings. The Balaban J connectivity index is 2.22. The Kier molecular flexibility index (Phi) is 4.08. The van der Waals surface area contributed by atoms with E-state index in [-0.39, 0.29) is 5.56 Å². The van der Waals surface area contributed by atoms with Gasteiger partial charge >= 0.3 is 0 Å². The first-order chi connectivity index (χ1) is 8.58. The van der Waals surface area contributed by atoms with Crippen LogP contribution in [0.4, 0.5) is 10.2 Å². The van der Waals surface area contributed by atoms with Crippen molar-refractivity contribution < 1.29 is 9.18 Å². The number of nitrogens with one attached hydrogen (secondary N) is 1. The Morgan fingerprint density at radius 1 is 1.22 bits per heavy atom. The van der Waals surface area contributed by atoms with E-state index in [9.17, 15) is 9.18 Å². The Hall–Kier alpha value is -1.27. The molecule has 0 aliphatic heterocycles. The van der Waals surface area contributed by atoms with E-state index in [2.05, 4.69) is 42.2 Å². The molecule has 2 rings (SSSR count). The van der Waals surface area contributed by atoms with Crippen molar-refractivity contribution in [1.82, 2.24) is 4.98 Å². The molecule has 3 nitrogen and oxygen atoms in total. The van der Waals surface area contributed by atoms with Crippen LogP contribution in [0.15, 0.2) is 45.5 Å². The first kappa shape index (κ1) is 13.2. The van der Waals surface area contributed by atoms with Crippen LogP contribution >= 0.6 is 31.9 Å². The lowest BCUT2D eigenvalue weighted by Gasteiger charge is -2.06. The molecule has 1 N–H and O–H groups in total. The van der Waals surface area contributed by atoms with Gasteiger partial charge in [-0.1, -0.05) is 0 Å². The molecule has 0 fully saturated rings. The fourth-order valence-corrected chi connectivity index (χ4v) is 1.90. The lowest BCUT2D eigenvalue weighted by atomic mass is 10.2. The van der Waals surface area contributed by atoms with Crippen LogP contribution in [0.3, 0.4) is 0 Å². The summed E-state index contributed by atoms with van der Waals surface area (Å²) in [6, 6.07) is 7.66. The number of anilines is 1. The lowest BCUT2D eigenvalue weighted by Crippen LogP contribution is -2.13. The third kappa shape index (κ3) is 2.94. The molecule has 0 radical (unpaired) electrons. The van der Waals surface area contributed by atoms with Crippen LogP contribution in [0.2, 0.25) is 0 Å². The summed E-state index contributed by atoms with van der Waals surface area (Å²) < 4.78 is 14.3. The molecular formula is C12H7Br2FN2O. The standard InChI is InChI=1S/C12H7Br2FN2O/c13-8-4-3-7(6-10(8)15)12(18)17-11-9(14)2-1-5-16-11/h1-6H,(H,16,17,18). The van der Waals surface area contributed by atoms with Crippen molar-refractivity contribution >= 4 is 43.6 Å². The predicted molar refractivity (Wildman–Crippen MR) is 74.0 cm³/mol. The van der Waals surface area contributed by atoms with Crippen molar-refractivity contribution in [2.45, 2.75) is 0 Å². The minimum atomic E-state index is -0.484. The average molecular weight is 374 g/mol. The quantitative estimate of drug-likeness (QED) is 0.864. The Morgan fingerprint density at radius 2 is 2.00 bits per heavy atom. The zero-order valence-electron chi connectivity index (χ0n) is 8.95. The third-order valence-electron chi connectivity index (χ3n) is 2.17. The zero-order chi connectivity index (χ0) is 13.1. The van der Waals surface area contributed by atoms with E-state index in [4.69, 9.17) is 0 Å². The van der Waals surface area contributed by atoms with Crippen LogP contribution in [0.5, 0.6) is 0 Å². The largest absolute Gasteiger partial charge is 0.306 e. The number of nitrogens with zero attached hydrogens (tertiary/aromatic N) is 1.